The topological polar surface area (TPSA) is 78.9 Å². The van der Waals surface area contributed by atoms with E-state index in [0.717, 1.165) is 69.6 Å². The third kappa shape index (κ3) is 49.3. The molecule has 0 radical (unpaired) electrons. The van der Waals surface area contributed by atoms with Crippen LogP contribution in [-0.4, -0.2) is 37.2 Å². The second kappa shape index (κ2) is 47.9. The lowest BCUT2D eigenvalue weighted by molar-refractivity contribution is -0.167. The molecule has 0 fully saturated rings. The molecule has 0 bridgehead atoms. The van der Waals surface area contributed by atoms with Crippen LogP contribution in [0.2, 0.25) is 0 Å². The molecule has 0 N–H and O–H groups in total. The van der Waals surface area contributed by atoms with Crippen molar-refractivity contribution in [3.05, 3.63) is 0 Å². The highest BCUT2D eigenvalue weighted by atomic mass is 16.6. The monoisotopic (exact) mass is 863 g/mol. The van der Waals surface area contributed by atoms with E-state index in [-0.39, 0.29) is 31.1 Å². The molecular weight excluding hydrogens is 757 g/mol. The number of carbonyl (C=O) groups excluding carboxylic acids is 3. The molecule has 0 unspecified atom stereocenters. The number of hydrogen-bond donors (Lipinski definition) is 0. The summed E-state index contributed by atoms with van der Waals surface area (Å²) in [5.41, 5.74) is 0. The summed E-state index contributed by atoms with van der Waals surface area (Å²) >= 11 is 0. The van der Waals surface area contributed by atoms with Gasteiger partial charge >= 0.3 is 17.9 Å². The molecule has 6 heteroatoms. The third-order valence-electron chi connectivity index (χ3n) is 12.5. The lowest BCUT2D eigenvalue weighted by Crippen LogP contribution is -2.30. The van der Waals surface area contributed by atoms with Crippen LogP contribution >= 0.6 is 0 Å². The SMILES string of the molecule is CCCCCCCCCCCCCCCC(=O)OC[C@@H](COC(=O)CCCCCCCCC(C)C)OC(=O)CCCCCCCCCCCCCCCCCCCCC(C)C. The maximum atomic E-state index is 12.8. The van der Waals surface area contributed by atoms with Crippen molar-refractivity contribution in [2.24, 2.45) is 11.8 Å². The zero-order valence-corrected chi connectivity index (χ0v) is 41.8. The molecule has 0 aromatic carbocycles. The number of unbranched alkanes of at least 4 members (excludes halogenated alkanes) is 34. The van der Waals surface area contributed by atoms with Gasteiger partial charge < -0.3 is 14.2 Å². The first-order chi connectivity index (χ1) is 29.7. The molecule has 0 aromatic rings. The number of hydrogen-bond acceptors (Lipinski definition) is 6. The lowest BCUT2D eigenvalue weighted by atomic mass is 10.0. The lowest BCUT2D eigenvalue weighted by Gasteiger charge is -2.18. The Morgan fingerprint density at radius 2 is 0.541 bits per heavy atom. The van der Waals surface area contributed by atoms with E-state index in [9.17, 15) is 14.4 Å². The molecule has 0 amide bonds. The van der Waals surface area contributed by atoms with E-state index in [1.165, 1.54) is 193 Å². The van der Waals surface area contributed by atoms with Crippen LogP contribution in [0.4, 0.5) is 0 Å². The van der Waals surface area contributed by atoms with E-state index >= 15 is 0 Å². The molecule has 362 valence electrons. The van der Waals surface area contributed by atoms with Gasteiger partial charge in [0, 0.05) is 19.3 Å². The zero-order valence-electron chi connectivity index (χ0n) is 41.8. The highest BCUT2D eigenvalue weighted by Crippen LogP contribution is 2.18. The average molecular weight is 863 g/mol. The van der Waals surface area contributed by atoms with Gasteiger partial charge in [0.1, 0.15) is 13.2 Å². The third-order valence-corrected chi connectivity index (χ3v) is 12.5. The molecule has 0 aliphatic carbocycles. The van der Waals surface area contributed by atoms with Gasteiger partial charge in [0.15, 0.2) is 6.10 Å². The Morgan fingerprint density at radius 1 is 0.311 bits per heavy atom. The van der Waals surface area contributed by atoms with Gasteiger partial charge in [0.2, 0.25) is 0 Å². The smallest absolute Gasteiger partial charge is 0.306 e. The van der Waals surface area contributed by atoms with Crippen molar-refractivity contribution < 1.29 is 28.6 Å². The van der Waals surface area contributed by atoms with Gasteiger partial charge in [0.25, 0.3) is 0 Å². The van der Waals surface area contributed by atoms with Crippen LogP contribution in [0.15, 0.2) is 0 Å². The number of carbonyl (C=O) groups is 3. The van der Waals surface area contributed by atoms with E-state index in [1.807, 2.05) is 0 Å². The Kier molecular flexibility index (Phi) is 46.6. The van der Waals surface area contributed by atoms with Crippen molar-refractivity contribution in [2.45, 2.75) is 310 Å². The molecule has 0 heterocycles. The minimum atomic E-state index is -0.762. The van der Waals surface area contributed by atoms with Gasteiger partial charge in [-0.05, 0) is 31.1 Å². The van der Waals surface area contributed by atoms with Crippen LogP contribution in [0, 0.1) is 11.8 Å². The van der Waals surface area contributed by atoms with Crippen molar-refractivity contribution in [1.29, 1.82) is 0 Å². The first-order valence-corrected chi connectivity index (χ1v) is 27.2. The van der Waals surface area contributed by atoms with Gasteiger partial charge in [-0.3, -0.25) is 14.4 Å². The van der Waals surface area contributed by atoms with Crippen LogP contribution in [0.25, 0.3) is 0 Å². The molecule has 0 aliphatic rings. The van der Waals surface area contributed by atoms with Gasteiger partial charge in [0.05, 0.1) is 0 Å². The maximum Gasteiger partial charge on any atom is 0.306 e. The minimum absolute atomic E-state index is 0.0640. The highest BCUT2D eigenvalue weighted by molar-refractivity contribution is 5.71. The van der Waals surface area contributed by atoms with E-state index < -0.39 is 6.10 Å². The summed E-state index contributed by atoms with van der Waals surface area (Å²) in [6.07, 6.45) is 49.7. The standard InChI is InChI=1S/C55H106O6/c1-6-7-8-9-10-11-12-19-23-26-29-35-40-45-53(56)59-48-52(49-60-54(57)46-41-36-32-31-34-39-44-51(4)5)61-55(58)47-42-37-30-27-24-21-18-16-14-13-15-17-20-22-25-28-33-38-43-50(2)3/h50-52H,6-49H2,1-5H3/t52-/m0/s1. The van der Waals surface area contributed by atoms with Gasteiger partial charge in [-0.15, -0.1) is 0 Å². The largest absolute Gasteiger partial charge is 0.462 e. The Hall–Kier alpha value is -1.59. The van der Waals surface area contributed by atoms with E-state index in [1.54, 1.807) is 0 Å². The molecule has 0 rings (SSSR count). The summed E-state index contributed by atoms with van der Waals surface area (Å²) in [5, 5.41) is 0. The second-order valence-corrected chi connectivity index (χ2v) is 19.8. The molecule has 6 nitrogen and oxygen atoms in total. The Balaban J connectivity index is 4.20. The van der Waals surface area contributed by atoms with Gasteiger partial charge in [-0.25, -0.2) is 0 Å². The maximum absolute atomic E-state index is 12.8. The predicted octanol–water partition coefficient (Wildman–Crippen LogP) is 17.7. The Morgan fingerprint density at radius 3 is 0.803 bits per heavy atom. The van der Waals surface area contributed by atoms with Crippen molar-refractivity contribution in [3.8, 4) is 0 Å². The molecule has 0 spiro atoms. The van der Waals surface area contributed by atoms with E-state index in [4.69, 9.17) is 14.2 Å². The fourth-order valence-corrected chi connectivity index (χ4v) is 8.34. The summed E-state index contributed by atoms with van der Waals surface area (Å²) in [5.74, 6) is 0.772. The molecule has 0 aromatic heterocycles. The summed E-state index contributed by atoms with van der Waals surface area (Å²) < 4.78 is 16.8. The quantitative estimate of drug-likeness (QED) is 0.0344. The summed E-state index contributed by atoms with van der Waals surface area (Å²) in [6.45, 7) is 11.3. The van der Waals surface area contributed by atoms with Crippen LogP contribution in [0.1, 0.15) is 304 Å². The number of rotatable bonds is 49. The van der Waals surface area contributed by atoms with Crippen LogP contribution in [0.3, 0.4) is 0 Å². The minimum Gasteiger partial charge on any atom is -0.462 e. The zero-order chi connectivity index (χ0) is 44.7. The van der Waals surface area contributed by atoms with E-state index in [0.29, 0.717) is 19.3 Å². The van der Waals surface area contributed by atoms with Gasteiger partial charge in [-0.1, -0.05) is 266 Å². The first kappa shape index (κ1) is 59.4. The van der Waals surface area contributed by atoms with Crippen LogP contribution < -0.4 is 0 Å². The number of ether oxygens (including phenoxy) is 3. The van der Waals surface area contributed by atoms with Crippen molar-refractivity contribution in [1.82, 2.24) is 0 Å². The molecule has 61 heavy (non-hydrogen) atoms. The molecular formula is C55H106O6. The first-order valence-electron chi connectivity index (χ1n) is 27.2. The van der Waals surface area contributed by atoms with Gasteiger partial charge in [-0.2, -0.15) is 0 Å². The highest BCUT2D eigenvalue weighted by Gasteiger charge is 2.19. The fraction of sp³-hybridized carbons (Fsp3) is 0.945. The van der Waals surface area contributed by atoms with Crippen molar-refractivity contribution in [3.63, 3.8) is 0 Å². The average Bonchev–Trinajstić information content (AvgIpc) is 3.23. The van der Waals surface area contributed by atoms with E-state index in [2.05, 4.69) is 34.6 Å². The van der Waals surface area contributed by atoms with Crippen LogP contribution in [-0.2, 0) is 28.6 Å². The second-order valence-electron chi connectivity index (χ2n) is 19.8. The Labute approximate surface area is 380 Å². The van der Waals surface area contributed by atoms with Crippen LogP contribution in [0.5, 0.6) is 0 Å². The summed E-state index contributed by atoms with van der Waals surface area (Å²) in [7, 11) is 0. The molecule has 1 atom stereocenters. The Bertz CT molecular complexity index is 931. The fourth-order valence-electron chi connectivity index (χ4n) is 8.34. The summed E-state index contributed by atoms with van der Waals surface area (Å²) in [4.78, 5) is 37.9. The molecule has 0 saturated carbocycles. The van der Waals surface area contributed by atoms with Crippen molar-refractivity contribution >= 4 is 17.9 Å². The predicted molar refractivity (Wildman–Crippen MR) is 261 cm³/mol. The molecule has 0 aliphatic heterocycles. The molecule has 0 saturated heterocycles. The number of esters is 3. The van der Waals surface area contributed by atoms with Crippen molar-refractivity contribution in [2.75, 3.05) is 13.2 Å². The normalized spacial score (nSPS) is 12.0. The summed E-state index contributed by atoms with van der Waals surface area (Å²) in [6, 6.07) is 0.